The van der Waals surface area contributed by atoms with Crippen LogP contribution >= 0.6 is 46.1 Å². The highest BCUT2D eigenvalue weighted by molar-refractivity contribution is 7.91. The molecule has 1 amide bonds. The van der Waals surface area contributed by atoms with Crippen molar-refractivity contribution in [1.29, 1.82) is 0 Å². The molecule has 1 fully saturated rings. The molecule has 1 unspecified atom stereocenters. The van der Waals surface area contributed by atoms with Gasteiger partial charge in [-0.2, -0.15) is 4.31 Å². The number of amides is 1. The van der Waals surface area contributed by atoms with Crippen LogP contribution in [0.15, 0.2) is 39.0 Å². The number of nitrogens with one attached hydrogen (secondary N) is 1. The summed E-state index contributed by atoms with van der Waals surface area (Å²) >= 11 is 19.0. The van der Waals surface area contributed by atoms with Crippen LogP contribution in [-0.2, 0) is 14.8 Å². The number of nitrogens with zero attached hydrogens (tertiary/aromatic N) is 3. The van der Waals surface area contributed by atoms with Gasteiger partial charge in [0.05, 0.1) is 14.9 Å². The first kappa shape index (κ1) is 22.5. The Bertz CT molecular complexity index is 1230. The highest BCUT2D eigenvalue weighted by Crippen LogP contribution is 2.33. The smallest absolute Gasteiger partial charge is 0.322 e. The van der Waals surface area contributed by atoms with Crippen LogP contribution in [0.1, 0.15) is 19.3 Å². The number of hydrogen-bond donors (Lipinski definition) is 1. The first-order valence-corrected chi connectivity index (χ1v) is 12.5. The zero-order valence-electron chi connectivity index (χ0n) is 15.7. The maximum atomic E-state index is 13.0. The summed E-state index contributed by atoms with van der Waals surface area (Å²) < 4.78 is 33.2. The molecule has 0 aliphatic carbocycles. The van der Waals surface area contributed by atoms with Crippen molar-refractivity contribution in [3.8, 4) is 11.5 Å². The van der Waals surface area contributed by atoms with Gasteiger partial charge in [0.1, 0.15) is 10.3 Å². The van der Waals surface area contributed by atoms with Crippen LogP contribution in [0, 0.1) is 0 Å². The van der Waals surface area contributed by atoms with Crippen LogP contribution in [-0.4, -0.2) is 41.4 Å². The van der Waals surface area contributed by atoms with Gasteiger partial charge in [0.25, 0.3) is 15.9 Å². The Morgan fingerprint density at radius 1 is 1.16 bits per heavy atom. The Morgan fingerprint density at radius 3 is 2.71 bits per heavy atom. The van der Waals surface area contributed by atoms with Crippen molar-refractivity contribution in [3.05, 3.63) is 44.7 Å². The maximum absolute atomic E-state index is 13.0. The van der Waals surface area contributed by atoms with E-state index in [1.54, 1.807) is 18.2 Å². The number of piperidine rings is 1. The van der Waals surface area contributed by atoms with Crippen LogP contribution in [0.25, 0.3) is 11.5 Å². The van der Waals surface area contributed by atoms with Gasteiger partial charge >= 0.3 is 6.01 Å². The molecule has 1 N–H and O–H groups in total. The lowest BCUT2D eigenvalue weighted by Crippen LogP contribution is -2.49. The van der Waals surface area contributed by atoms with E-state index >= 15 is 0 Å². The third kappa shape index (κ3) is 4.74. The molecule has 0 saturated carbocycles. The number of hydrogen-bond acceptors (Lipinski definition) is 7. The van der Waals surface area contributed by atoms with Crippen LogP contribution in [0.4, 0.5) is 6.01 Å². The lowest BCUT2D eigenvalue weighted by atomic mass is 10.0. The third-order valence-electron chi connectivity index (χ3n) is 4.68. The Morgan fingerprint density at radius 2 is 1.97 bits per heavy atom. The quantitative estimate of drug-likeness (QED) is 0.510. The summed E-state index contributed by atoms with van der Waals surface area (Å²) in [4.78, 5) is 12.9. The molecule has 0 spiro atoms. The number of rotatable bonds is 5. The fourth-order valence-corrected chi connectivity index (χ4v) is 6.88. The molecule has 1 aliphatic rings. The molecule has 4 rings (SSSR count). The highest BCUT2D eigenvalue weighted by Gasteiger charge is 2.38. The van der Waals surface area contributed by atoms with E-state index in [0.29, 0.717) is 39.2 Å². The number of carbonyl (C=O) groups is 1. The molecule has 0 radical (unpaired) electrons. The minimum atomic E-state index is -3.87. The standard InChI is InChI=1S/C18H15Cl3N4O4S2/c19-10-4-5-12(20)11(9-10)17-23-24-18(29-17)22-16(26)13-3-1-2-8-25(13)31(27,28)15-7-6-14(21)30-15/h4-7,9,13H,1-3,8H2,(H,22,24,26). The van der Waals surface area contributed by atoms with E-state index in [9.17, 15) is 13.2 Å². The number of anilines is 1. The molecule has 8 nitrogen and oxygen atoms in total. The predicted octanol–water partition coefficient (Wildman–Crippen LogP) is 4.94. The summed E-state index contributed by atoms with van der Waals surface area (Å²) in [6.45, 7) is 0.225. The average Bonchev–Trinajstić information content (AvgIpc) is 3.39. The Labute approximate surface area is 197 Å². The fraction of sp³-hybridized carbons (Fsp3) is 0.278. The minimum Gasteiger partial charge on any atom is -0.403 e. The van der Waals surface area contributed by atoms with E-state index in [-0.39, 0.29) is 22.7 Å². The van der Waals surface area contributed by atoms with Crippen LogP contribution < -0.4 is 5.32 Å². The Balaban J connectivity index is 1.55. The lowest BCUT2D eigenvalue weighted by Gasteiger charge is -2.32. The monoisotopic (exact) mass is 520 g/mol. The summed E-state index contributed by atoms with van der Waals surface area (Å²) in [7, 11) is -3.87. The molecule has 2 aromatic heterocycles. The van der Waals surface area contributed by atoms with Gasteiger partial charge in [0, 0.05) is 11.6 Å². The van der Waals surface area contributed by atoms with Gasteiger partial charge in [-0.05, 0) is 43.2 Å². The second kappa shape index (κ2) is 9.05. The van der Waals surface area contributed by atoms with Gasteiger partial charge < -0.3 is 4.42 Å². The number of thiophene rings is 1. The normalized spacial score (nSPS) is 17.6. The SMILES string of the molecule is O=C(Nc1nnc(-c2cc(Cl)ccc2Cl)o1)C1CCCCN1S(=O)(=O)c1ccc(Cl)s1. The first-order chi connectivity index (χ1) is 14.8. The summed E-state index contributed by atoms with van der Waals surface area (Å²) in [6.07, 6.45) is 1.73. The summed E-state index contributed by atoms with van der Waals surface area (Å²) in [5.74, 6) is -0.484. The predicted molar refractivity (Wildman–Crippen MR) is 119 cm³/mol. The van der Waals surface area contributed by atoms with Crippen molar-refractivity contribution < 1.29 is 17.6 Å². The Hall–Kier alpha value is -1.69. The van der Waals surface area contributed by atoms with Crippen LogP contribution in [0.5, 0.6) is 0 Å². The molecule has 1 saturated heterocycles. The van der Waals surface area contributed by atoms with Crippen LogP contribution in [0.2, 0.25) is 14.4 Å². The van der Waals surface area contributed by atoms with Gasteiger partial charge in [-0.1, -0.05) is 46.3 Å². The van der Waals surface area contributed by atoms with Gasteiger partial charge in [0.15, 0.2) is 0 Å². The summed E-state index contributed by atoms with van der Waals surface area (Å²) in [5.41, 5.74) is 0.415. The molecule has 3 heterocycles. The van der Waals surface area contributed by atoms with Crippen molar-refractivity contribution in [2.45, 2.75) is 29.5 Å². The summed E-state index contributed by atoms with van der Waals surface area (Å²) in [6, 6.07) is 6.63. The first-order valence-electron chi connectivity index (χ1n) is 9.12. The molecular formula is C18H15Cl3N4O4S2. The fourth-order valence-electron chi connectivity index (χ4n) is 3.24. The third-order valence-corrected chi connectivity index (χ3v) is 8.85. The van der Waals surface area contributed by atoms with Gasteiger partial charge in [-0.15, -0.1) is 16.4 Å². The van der Waals surface area contributed by atoms with Gasteiger partial charge in [-0.3, -0.25) is 10.1 Å². The van der Waals surface area contributed by atoms with E-state index in [2.05, 4.69) is 15.5 Å². The van der Waals surface area contributed by atoms with E-state index in [1.807, 2.05) is 0 Å². The van der Waals surface area contributed by atoms with Gasteiger partial charge in [0.2, 0.25) is 5.91 Å². The van der Waals surface area contributed by atoms with Crippen molar-refractivity contribution >= 4 is 68.1 Å². The second-order valence-electron chi connectivity index (χ2n) is 6.71. The molecule has 1 atom stereocenters. The Kier molecular flexibility index (Phi) is 6.57. The lowest BCUT2D eigenvalue weighted by molar-refractivity contribution is -0.120. The molecule has 164 valence electrons. The molecule has 1 aliphatic heterocycles. The molecule has 31 heavy (non-hydrogen) atoms. The topological polar surface area (TPSA) is 105 Å². The molecule has 3 aromatic rings. The number of benzene rings is 1. The van der Waals surface area contributed by atoms with Gasteiger partial charge in [-0.25, -0.2) is 8.42 Å². The number of aromatic nitrogens is 2. The molecule has 1 aromatic carbocycles. The molecular weight excluding hydrogens is 507 g/mol. The van der Waals surface area contributed by atoms with Crippen molar-refractivity contribution in [2.24, 2.45) is 0 Å². The number of halogens is 3. The van der Waals surface area contributed by atoms with Crippen LogP contribution in [0.3, 0.4) is 0 Å². The minimum absolute atomic E-state index is 0.0733. The maximum Gasteiger partial charge on any atom is 0.322 e. The van der Waals surface area contributed by atoms with E-state index in [1.165, 1.54) is 16.4 Å². The van der Waals surface area contributed by atoms with E-state index in [4.69, 9.17) is 39.2 Å². The number of carbonyl (C=O) groups excluding carboxylic acids is 1. The molecule has 13 heteroatoms. The highest BCUT2D eigenvalue weighted by atomic mass is 35.5. The van der Waals surface area contributed by atoms with Crippen molar-refractivity contribution in [2.75, 3.05) is 11.9 Å². The van der Waals surface area contributed by atoms with E-state index < -0.39 is 22.0 Å². The van der Waals surface area contributed by atoms with Crippen molar-refractivity contribution in [3.63, 3.8) is 0 Å². The average molecular weight is 522 g/mol. The second-order valence-corrected chi connectivity index (χ2v) is 11.4. The number of sulfonamides is 1. The van der Waals surface area contributed by atoms with Crippen molar-refractivity contribution in [1.82, 2.24) is 14.5 Å². The largest absolute Gasteiger partial charge is 0.403 e. The zero-order chi connectivity index (χ0) is 22.2. The van der Waals surface area contributed by atoms with E-state index in [0.717, 1.165) is 11.3 Å². The summed E-state index contributed by atoms with van der Waals surface area (Å²) in [5, 5.41) is 11.0. The zero-order valence-corrected chi connectivity index (χ0v) is 19.6. The molecule has 0 bridgehead atoms.